The van der Waals surface area contributed by atoms with Crippen molar-refractivity contribution in [3.05, 3.63) is 35.9 Å². The third kappa shape index (κ3) is 1.18. The molecule has 1 unspecified atom stereocenters. The number of rotatable bonds is 2. The highest BCUT2D eigenvalue weighted by Crippen LogP contribution is 2.35. The summed E-state index contributed by atoms with van der Waals surface area (Å²) in [5.41, 5.74) is 0.912. The van der Waals surface area contributed by atoms with Crippen molar-refractivity contribution in [2.75, 3.05) is 11.9 Å². The smallest absolute Gasteiger partial charge is 0.164 e. The van der Waals surface area contributed by atoms with Gasteiger partial charge in [0.15, 0.2) is 5.60 Å². The molecule has 0 aliphatic carbocycles. The van der Waals surface area contributed by atoms with Gasteiger partial charge in [-0.25, -0.2) is 9.78 Å². The Kier molecular flexibility index (Phi) is 2.17. The van der Waals surface area contributed by atoms with Crippen LogP contribution in [0.1, 0.15) is 5.56 Å². The Hall–Kier alpha value is -0.380. The standard InChI is InChI=1S/C9H9BrO2/c10-6-9(7-11-12-9)8-4-2-1-3-5-8/h1-5H,6-7H2. The van der Waals surface area contributed by atoms with Gasteiger partial charge in [0.2, 0.25) is 0 Å². The van der Waals surface area contributed by atoms with Crippen LogP contribution in [-0.2, 0) is 15.4 Å². The maximum atomic E-state index is 5.11. The molecule has 64 valence electrons. The molecule has 0 amide bonds. The van der Waals surface area contributed by atoms with Crippen molar-refractivity contribution in [1.82, 2.24) is 0 Å². The summed E-state index contributed by atoms with van der Waals surface area (Å²) < 4.78 is 0. The fourth-order valence-corrected chi connectivity index (χ4v) is 1.79. The van der Waals surface area contributed by atoms with E-state index in [0.29, 0.717) is 6.61 Å². The largest absolute Gasteiger partial charge is 0.232 e. The molecule has 2 nitrogen and oxygen atoms in total. The predicted molar refractivity (Wildman–Crippen MR) is 49.0 cm³/mol. The minimum atomic E-state index is -0.249. The molecule has 0 N–H and O–H groups in total. The van der Waals surface area contributed by atoms with E-state index >= 15 is 0 Å². The van der Waals surface area contributed by atoms with E-state index < -0.39 is 0 Å². The zero-order valence-corrected chi connectivity index (χ0v) is 8.08. The number of benzene rings is 1. The topological polar surface area (TPSA) is 18.5 Å². The summed E-state index contributed by atoms with van der Waals surface area (Å²) in [5, 5.41) is 0.768. The molecule has 1 aliphatic rings. The van der Waals surface area contributed by atoms with Gasteiger partial charge in [-0.15, -0.1) is 0 Å². The summed E-state index contributed by atoms with van der Waals surface area (Å²) >= 11 is 3.42. The van der Waals surface area contributed by atoms with Crippen molar-refractivity contribution in [3.8, 4) is 0 Å². The molecular weight excluding hydrogens is 220 g/mol. The normalized spacial score (nSPS) is 28.1. The van der Waals surface area contributed by atoms with Crippen LogP contribution in [-0.4, -0.2) is 11.9 Å². The van der Waals surface area contributed by atoms with E-state index in [0.717, 1.165) is 10.9 Å². The van der Waals surface area contributed by atoms with Gasteiger partial charge in [-0.3, -0.25) is 0 Å². The minimum Gasteiger partial charge on any atom is -0.232 e. The molecule has 0 aromatic heterocycles. The fraction of sp³-hybridized carbons (Fsp3) is 0.333. The molecule has 1 saturated heterocycles. The maximum Gasteiger partial charge on any atom is 0.164 e. The third-order valence-corrected chi connectivity index (χ3v) is 2.93. The number of hydrogen-bond acceptors (Lipinski definition) is 2. The molecule has 3 heteroatoms. The van der Waals surface area contributed by atoms with E-state index in [9.17, 15) is 0 Å². The van der Waals surface area contributed by atoms with E-state index in [4.69, 9.17) is 9.78 Å². The Morgan fingerprint density at radius 3 is 2.42 bits per heavy atom. The summed E-state index contributed by atoms with van der Waals surface area (Å²) in [6.07, 6.45) is 0. The van der Waals surface area contributed by atoms with Crippen LogP contribution in [0.25, 0.3) is 0 Å². The number of hydrogen-bond donors (Lipinski definition) is 0. The Bertz CT molecular complexity index is 251. The second-order valence-electron chi connectivity index (χ2n) is 2.84. The average molecular weight is 229 g/mol. The monoisotopic (exact) mass is 228 g/mol. The van der Waals surface area contributed by atoms with Crippen LogP contribution in [0.15, 0.2) is 30.3 Å². The van der Waals surface area contributed by atoms with Gasteiger partial charge in [0.25, 0.3) is 0 Å². The maximum absolute atomic E-state index is 5.11. The molecule has 1 aromatic carbocycles. The van der Waals surface area contributed by atoms with E-state index in [2.05, 4.69) is 15.9 Å². The third-order valence-electron chi connectivity index (χ3n) is 2.03. The summed E-state index contributed by atoms with van der Waals surface area (Å²) in [6.45, 7) is 0.627. The van der Waals surface area contributed by atoms with Crippen LogP contribution < -0.4 is 0 Å². The second-order valence-corrected chi connectivity index (χ2v) is 3.40. The lowest BCUT2D eigenvalue weighted by Crippen LogP contribution is -2.46. The molecule has 0 saturated carbocycles. The molecular formula is C9H9BrO2. The highest BCUT2D eigenvalue weighted by Gasteiger charge is 2.42. The van der Waals surface area contributed by atoms with Gasteiger partial charge < -0.3 is 0 Å². The van der Waals surface area contributed by atoms with Gasteiger partial charge in [0.1, 0.15) is 6.61 Å². The molecule has 1 atom stereocenters. The predicted octanol–water partition coefficient (Wildman–Crippen LogP) is 2.24. The molecule has 0 spiro atoms. The molecule has 0 bridgehead atoms. The van der Waals surface area contributed by atoms with E-state index in [1.165, 1.54) is 0 Å². The summed E-state index contributed by atoms with van der Waals surface area (Å²) in [5.74, 6) is 0. The average Bonchev–Trinajstić information content (AvgIpc) is 2.05. The first-order valence-electron chi connectivity index (χ1n) is 3.79. The van der Waals surface area contributed by atoms with E-state index in [1.54, 1.807) is 0 Å². The summed E-state index contributed by atoms with van der Waals surface area (Å²) in [7, 11) is 0. The Balaban J connectivity index is 2.28. The molecule has 2 rings (SSSR count). The highest BCUT2D eigenvalue weighted by atomic mass is 79.9. The first-order chi connectivity index (χ1) is 5.87. The number of halogens is 1. The summed E-state index contributed by atoms with van der Waals surface area (Å²) in [6, 6.07) is 10.1. The van der Waals surface area contributed by atoms with Crippen LogP contribution in [0.2, 0.25) is 0 Å². The van der Waals surface area contributed by atoms with Gasteiger partial charge in [-0.2, -0.15) is 0 Å². The lowest BCUT2D eigenvalue weighted by molar-refractivity contribution is -0.471. The van der Waals surface area contributed by atoms with Crippen molar-refractivity contribution in [3.63, 3.8) is 0 Å². The molecule has 1 aromatic rings. The lowest BCUT2D eigenvalue weighted by Gasteiger charge is -2.38. The Labute approximate surface area is 79.5 Å². The van der Waals surface area contributed by atoms with Crippen molar-refractivity contribution in [1.29, 1.82) is 0 Å². The number of alkyl halides is 1. The summed E-state index contributed by atoms with van der Waals surface area (Å²) in [4.78, 5) is 9.86. The van der Waals surface area contributed by atoms with Crippen molar-refractivity contribution in [2.45, 2.75) is 5.60 Å². The SMILES string of the molecule is BrCC1(c2ccccc2)COO1. The second kappa shape index (κ2) is 3.17. The first-order valence-corrected chi connectivity index (χ1v) is 4.92. The van der Waals surface area contributed by atoms with Crippen LogP contribution in [0.5, 0.6) is 0 Å². The zero-order valence-electron chi connectivity index (χ0n) is 6.50. The van der Waals surface area contributed by atoms with Crippen LogP contribution in [0.4, 0.5) is 0 Å². The Morgan fingerprint density at radius 2 is 2.00 bits per heavy atom. The van der Waals surface area contributed by atoms with Crippen molar-refractivity contribution in [2.24, 2.45) is 0 Å². The van der Waals surface area contributed by atoms with Crippen molar-refractivity contribution < 1.29 is 9.78 Å². The van der Waals surface area contributed by atoms with E-state index in [-0.39, 0.29) is 5.60 Å². The van der Waals surface area contributed by atoms with Gasteiger partial charge in [-0.05, 0) is 5.56 Å². The molecule has 0 radical (unpaired) electrons. The van der Waals surface area contributed by atoms with Gasteiger partial charge in [0, 0.05) is 5.33 Å². The van der Waals surface area contributed by atoms with Gasteiger partial charge in [-0.1, -0.05) is 46.3 Å². The van der Waals surface area contributed by atoms with Gasteiger partial charge in [0.05, 0.1) is 0 Å². The van der Waals surface area contributed by atoms with Crippen molar-refractivity contribution >= 4 is 15.9 Å². The zero-order chi connectivity index (χ0) is 8.44. The lowest BCUT2D eigenvalue weighted by atomic mass is 9.96. The first kappa shape index (κ1) is 8.23. The van der Waals surface area contributed by atoms with Crippen LogP contribution in [0.3, 0.4) is 0 Å². The molecule has 12 heavy (non-hydrogen) atoms. The van der Waals surface area contributed by atoms with Crippen LogP contribution >= 0.6 is 15.9 Å². The molecule has 1 aliphatic heterocycles. The molecule has 1 heterocycles. The Morgan fingerprint density at radius 1 is 1.33 bits per heavy atom. The quantitative estimate of drug-likeness (QED) is 0.571. The fourth-order valence-electron chi connectivity index (χ4n) is 1.21. The minimum absolute atomic E-state index is 0.249. The molecule has 1 fully saturated rings. The van der Waals surface area contributed by atoms with Crippen LogP contribution in [0, 0.1) is 0 Å². The van der Waals surface area contributed by atoms with Gasteiger partial charge >= 0.3 is 0 Å². The highest BCUT2D eigenvalue weighted by molar-refractivity contribution is 9.09. The van der Waals surface area contributed by atoms with E-state index in [1.807, 2.05) is 30.3 Å².